The van der Waals surface area contributed by atoms with E-state index in [1.54, 1.807) is 10.3 Å². The summed E-state index contributed by atoms with van der Waals surface area (Å²) in [6, 6.07) is 10.0. The van der Waals surface area contributed by atoms with Crippen molar-refractivity contribution in [2.45, 2.75) is 63.8 Å². The second kappa shape index (κ2) is 14.6. The molecule has 2 saturated heterocycles. The Morgan fingerprint density at radius 3 is 2.33 bits per heavy atom. The number of nitrogens with one attached hydrogen (secondary N) is 1. The van der Waals surface area contributed by atoms with Gasteiger partial charge in [0, 0.05) is 68.1 Å². The number of hydrogen-bond acceptors (Lipinski definition) is 8. The first-order chi connectivity index (χ1) is 23.1. The molecule has 1 aliphatic carbocycles. The van der Waals surface area contributed by atoms with Crippen molar-refractivity contribution in [3.05, 3.63) is 63.7 Å². The quantitative estimate of drug-likeness (QED) is 0.280. The molecular weight excluding hydrogens is 659 g/mol. The number of Topliss-reactive ketones (excluding diaryl/α,β-unsaturated/α-hetero) is 1. The van der Waals surface area contributed by atoms with Crippen molar-refractivity contribution in [2.24, 2.45) is 5.92 Å². The molecule has 1 saturated carbocycles. The maximum Gasteiger partial charge on any atom is 0.306 e. The van der Waals surface area contributed by atoms with Gasteiger partial charge in [-0.3, -0.25) is 29.0 Å². The number of nitrogens with zero attached hydrogens (tertiary/aromatic N) is 3. The highest BCUT2D eigenvalue weighted by Crippen LogP contribution is 2.37. The van der Waals surface area contributed by atoms with Crippen LogP contribution in [0.25, 0.3) is 10.1 Å². The number of hydrogen-bond donors (Lipinski definition) is 2. The zero-order chi connectivity index (χ0) is 34.0. The minimum atomic E-state index is -1.52. The Morgan fingerprint density at radius 2 is 1.67 bits per heavy atom. The van der Waals surface area contributed by atoms with Crippen LogP contribution < -0.4 is 5.32 Å². The average molecular weight is 699 g/mol. The van der Waals surface area contributed by atoms with E-state index in [9.17, 15) is 24.3 Å². The van der Waals surface area contributed by atoms with Crippen LogP contribution >= 0.6 is 22.9 Å². The Kier molecular flexibility index (Phi) is 10.5. The van der Waals surface area contributed by atoms with E-state index in [1.165, 1.54) is 24.3 Å². The summed E-state index contributed by atoms with van der Waals surface area (Å²) in [5.41, 5.74) is 0.637. The molecule has 13 heteroatoms. The number of aliphatic carboxylic acids is 1. The Hall–Kier alpha value is -3.42. The fraction of sp³-hybridized carbons (Fsp3) is 0.486. The van der Waals surface area contributed by atoms with E-state index >= 15 is 4.39 Å². The summed E-state index contributed by atoms with van der Waals surface area (Å²) >= 11 is 8.05. The highest BCUT2D eigenvalue weighted by Gasteiger charge is 2.53. The Bertz CT molecular complexity index is 1700. The molecule has 2 N–H and O–H groups in total. The number of carboxylic acid groups (broad SMARTS) is 1. The summed E-state index contributed by atoms with van der Waals surface area (Å²) in [5, 5.41) is 14.9. The molecule has 48 heavy (non-hydrogen) atoms. The average Bonchev–Trinajstić information content (AvgIpc) is 3.77. The molecule has 0 bridgehead atoms. The van der Waals surface area contributed by atoms with Crippen LogP contribution in [0.2, 0.25) is 5.02 Å². The van der Waals surface area contributed by atoms with Gasteiger partial charge in [0.25, 0.3) is 5.91 Å². The Morgan fingerprint density at radius 1 is 1.00 bits per heavy atom. The van der Waals surface area contributed by atoms with Gasteiger partial charge in [-0.2, -0.15) is 0 Å². The van der Waals surface area contributed by atoms with Crippen molar-refractivity contribution >= 4 is 62.3 Å². The standard InChI is InChI=1S/C35H40ClFN4O6S/c1-22(42)39-14-16-41(17-15-39)35(40-12-4-5-13-40,47-25-10-8-23(9-11-25)34(45)46)32(43)19-24-18-28(36)30(20-29(24)37)38-33(44)27-21-48-31-7-3-2-6-26(27)31/h2-3,6-7,18,20-21,23,25H,4-5,8-17,19H2,1H3,(H,38,44)(H,45,46)/t23-,25-,35?. The predicted molar refractivity (Wildman–Crippen MR) is 182 cm³/mol. The minimum Gasteiger partial charge on any atom is -0.481 e. The van der Waals surface area contributed by atoms with Gasteiger partial charge in [-0.25, -0.2) is 4.39 Å². The number of halogens is 2. The molecule has 2 aromatic carbocycles. The molecule has 10 nitrogen and oxygen atoms in total. The lowest BCUT2D eigenvalue weighted by molar-refractivity contribution is -0.260. The van der Waals surface area contributed by atoms with Gasteiger partial charge in [-0.1, -0.05) is 29.8 Å². The third kappa shape index (κ3) is 7.00. The van der Waals surface area contributed by atoms with Gasteiger partial charge in [-0.15, -0.1) is 11.3 Å². The second-order valence-electron chi connectivity index (χ2n) is 12.8. The zero-order valence-corrected chi connectivity index (χ0v) is 28.5. The number of benzene rings is 2. The smallest absolute Gasteiger partial charge is 0.306 e. The van der Waals surface area contributed by atoms with E-state index in [1.807, 2.05) is 34.1 Å². The number of carboxylic acids is 1. The van der Waals surface area contributed by atoms with Crippen molar-refractivity contribution in [2.75, 3.05) is 44.6 Å². The molecule has 1 aromatic heterocycles. The Balaban J connectivity index is 1.27. The van der Waals surface area contributed by atoms with Crippen LogP contribution in [0.3, 0.4) is 0 Å². The summed E-state index contributed by atoms with van der Waals surface area (Å²) in [4.78, 5) is 57.4. The van der Waals surface area contributed by atoms with Gasteiger partial charge in [0.15, 0.2) is 5.78 Å². The molecule has 1 atom stereocenters. The highest BCUT2D eigenvalue weighted by molar-refractivity contribution is 7.17. The molecule has 2 amide bonds. The van der Waals surface area contributed by atoms with E-state index in [2.05, 4.69) is 5.32 Å². The van der Waals surface area contributed by atoms with Crippen LogP contribution in [0.5, 0.6) is 0 Å². The number of fused-ring (bicyclic) bond motifs is 1. The van der Waals surface area contributed by atoms with E-state index < -0.39 is 29.5 Å². The van der Waals surface area contributed by atoms with E-state index in [0.717, 1.165) is 29.0 Å². The summed E-state index contributed by atoms with van der Waals surface area (Å²) in [6.07, 6.45) is 2.92. The summed E-state index contributed by atoms with van der Waals surface area (Å²) < 4.78 is 23.7. The van der Waals surface area contributed by atoms with Gasteiger partial charge >= 0.3 is 5.97 Å². The lowest BCUT2D eigenvalue weighted by Crippen LogP contribution is -2.71. The molecule has 3 heterocycles. The number of amides is 2. The van der Waals surface area contributed by atoms with Crippen molar-refractivity contribution in [1.29, 1.82) is 0 Å². The maximum absolute atomic E-state index is 15.8. The SMILES string of the molecule is CC(=O)N1CCN(C(O[C@H]2CC[C@H](C(=O)O)CC2)(C(=O)Cc2cc(Cl)c(NC(=O)c3csc4ccccc34)cc2F)N2CCCC2)CC1. The molecular formula is C35H40ClFN4O6S. The number of ether oxygens (including phenoxy) is 1. The normalized spacial score (nSPS) is 22.0. The van der Waals surface area contributed by atoms with Crippen LogP contribution in [0.1, 0.15) is 61.4 Å². The van der Waals surface area contributed by atoms with Crippen LogP contribution in [0.4, 0.5) is 10.1 Å². The van der Waals surface area contributed by atoms with E-state index in [4.69, 9.17) is 16.3 Å². The molecule has 6 rings (SSSR count). The summed E-state index contributed by atoms with van der Waals surface area (Å²) in [5.74, 6) is -4.29. The number of carbonyl (C=O) groups is 4. The fourth-order valence-corrected chi connectivity index (χ4v) is 8.40. The van der Waals surface area contributed by atoms with Crippen LogP contribution in [-0.4, -0.2) is 94.6 Å². The molecule has 1 unspecified atom stereocenters. The lowest BCUT2D eigenvalue weighted by atomic mass is 9.87. The van der Waals surface area contributed by atoms with Crippen molar-refractivity contribution in [3.8, 4) is 0 Å². The van der Waals surface area contributed by atoms with Gasteiger partial charge in [0.2, 0.25) is 11.8 Å². The largest absolute Gasteiger partial charge is 0.481 e. The fourth-order valence-electron chi connectivity index (χ4n) is 7.22. The lowest BCUT2D eigenvalue weighted by Gasteiger charge is -2.52. The monoisotopic (exact) mass is 698 g/mol. The third-order valence-electron chi connectivity index (χ3n) is 9.87. The number of rotatable bonds is 10. The number of likely N-dealkylation sites (tertiary alicyclic amines) is 1. The van der Waals surface area contributed by atoms with Crippen LogP contribution in [-0.2, 0) is 25.5 Å². The highest BCUT2D eigenvalue weighted by atomic mass is 35.5. The first kappa shape index (κ1) is 34.4. The molecule has 0 spiro atoms. The number of ketones is 1. The van der Waals surface area contributed by atoms with Crippen LogP contribution in [0, 0.1) is 11.7 Å². The predicted octanol–water partition coefficient (Wildman–Crippen LogP) is 5.63. The third-order valence-corrected chi connectivity index (χ3v) is 11.1. The Labute approximate surface area is 287 Å². The topological polar surface area (TPSA) is 119 Å². The van der Waals surface area contributed by atoms with E-state index in [-0.39, 0.29) is 40.5 Å². The van der Waals surface area contributed by atoms with Crippen LogP contribution in [0.15, 0.2) is 41.8 Å². The second-order valence-corrected chi connectivity index (χ2v) is 14.2. The molecule has 0 radical (unpaired) electrons. The molecule has 2 aliphatic heterocycles. The van der Waals surface area contributed by atoms with Gasteiger partial charge in [0.05, 0.1) is 28.3 Å². The zero-order valence-electron chi connectivity index (χ0n) is 26.9. The number of anilines is 1. The van der Waals surface area contributed by atoms with Crippen molar-refractivity contribution in [3.63, 3.8) is 0 Å². The molecule has 3 aromatic rings. The summed E-state index contributed by atoms with van der Waals surface area (Å²) in [7, 11) is 0. The molecule has 3 fully saturated rings. The first-order valence-corrected chi connectivity index (χ1v) is 17.8. The van der Waals surface area contributed by atoms with Crippen molar-refractivity contribution < 1.29 is 33.4 Å². The molecule has 256 valence electrons. The van der Waals surface area contributed by atoms with E-state index in [0.29, 0.717) is 70.5 Å². The number of carbonyl (C=O) groups excluding carboxylic acids is 3. The van der Waals surface area contributed by atoms with Gasteiger partial charge < -0.3 is 20.1 Å². The van der Waals surface area contributed by atoms with Crippen molar-refractivity contribution in [1.82, 2.24) is 14.7 Å². The minimum absolute atomic E-state index is 0.0447. The van der Waals surface area contributed by atoms with Gasteiger partial charge in [0.1, 0.15) is 5.82 Å². The number of piperazine rings is 1. The first-order valence-electron chi connectivity index (χ1n) is 16.5. The molecule has 3 aliphatic rings. The summed E-state index contributed by atoms with van der Waals surface area (Å²) in [6.45, 7) is 4.34. The number of thiophene rings is 1. The maximum atomic E-state index is 15.8. The van der Waals surface area contributed by atoms with Gasteiger partial charge in [-0.05, 0) is 62.3 Å².